The summed E-state index contributed by atoms with van der Waals surface area (Å²) >= 11 is 0. The summed E-state index contributed by atoms with van der Waals surface area (Å²) in [6.45, 7) is 6.21. The second kappa shape index (κ2) is 5.05. The minimum absolute atomic E-state index is 0.374. The summed E-state index contributed by atoms with van der Waals surface area (Å²) in [5.41, 5.74) is 4.16. The van der Waals surface area contributed by atoms with Gasteiger partial charge in [-0.1, -0.05) is 19.9 Å². The summed E-state index contributed by atoms with van der Waals surface area (Å²) in [7, 11) is 0. The highest BCUT2D eigenvalue weighted by molar-refractivity contribution is 5.70. The van der Waals surface area contributed by atoms with Crippen LogP contribution in [0, 0.1) is 0 Å². The predicted molar refractivity (Wildman–Crippen MR) is 84.1 cm³/mol. The first-order chi connectivity index (χ1) is 10.7. The summed E-state index contributed by atoms with van der Waals surface area (Å²) in [6, 6.07) is 8.24. The average molecular weight is 294 g/mol. The normalized spacial score (nSPS) is 15.5. The minimum Gasteiger partial charge on any atom is -0.367 e. The molecule has 0 saturated carbocycles. The molecule has 0 unspecified atom stereocenters. The summed E-state index contributed by atoms with van der Waals surface area (Å²) < 4.78 is 1.78. The van der Waals surface area contributed by atoms with Crippen LogP contribution in [0.15, 0.2) is 36.8 Å². The number of hydrogen-bond donors (Lipinski definition) is 0. The van der Waals surface area contributed by atoms with Gasteiger partial charge in [-0.25, -0.2) is 0 Å². The van der Waals surface area contributed by atoms with Gasteiger partial charge in [-0.15, -0.1) is 10.2 Å². The fraction of sp³-hybridized carbons (Fsp3) is 0.375. The van der Waals surface area contributed by atoms with Crippen LogP contribution in [0.5, 0.6) is 0 Å². The molecule has 0 atom stereocenters. The Balaban J connectivity index is 1.64. The SMILES string of the molecule is CC(C)c1cc(N2CC(c3ccccn3)C2)c2nncn2n1. The number of nitrogens with zero attached hydrogens (tertiary/aromatic N) is 6. The molecule has 1 aliphatic rings. The quantitative estimate of drug-likeness (QED) is 0.741. The average Bonchev–Trinajstić information content (AvgIpc) is 2.95. The monoisotopic (exact) mass is 294 g/mol. The Kier molecular flexibility index (Phi) is 3.03. The molecule has 0 N–H and O–H groups in total. The van der Waals surface area contributed by atoms with Crippen LogP contribution in [-0.4, -0.2) is 37.9 Å². The number of fused-ring (bicyclic) bond motifs is 1. The van der Waals surface area contributed by atoms with Gasteiger partial charge in [0, 0.05) is 30.9 Å². The summed E-state index contributed by atoms with van der Waals surface area (Å²) in [5, 5.41) is 12.8. The Bertz CT molecular complexity index is 789. The third-order valence-electron chi connectivity index (χ3n) is 4.19. The van der Waals surface area contributed by atoms with Crippen molar-refractivity contribution in [3.63, 3.8) is 0 Å². The highest BCUT2D eigenvalue weighted by Gasteiger charge is 2.31. The van der Waals surface area contributed by atoms with Gasteiger partial charge in [0.1, 0.15) is 6.33 Å². The smallest absolute Gasteiger partial charge is 0.200 e. The number of rotatable bonds is 3. The molecule has 1 aliphatic heterocycles. The molecule has 1 fully saturated rings. The van der Waals surface area contributed by atoms with E-state index >= 15 is 0 Å². The van der Waals surface area contributed by atoms with Crippen LogP contribution < -0.4 is 4.90 Å². The maximum absolute atomic E-state index is 4.57. The van der Waals surface area contributed by atoms with Gasteiger partial charge in [0.05, 0.1) is 11.4 Å². The lowest BCUT2D eigenvalue weighted by Crippen LogP contribution is -2.45. The van der Waals surface area contributed by atoms with Gasteiger partial charge in [-0.2, -0.15) is 9.61 Å². The zero-order valence-electron chi connectivity index (χ0n) is 12.7. The van der Waals surface area contributed by atoms with Crippen molar-refractivity contribution in [3.05, 3.63) is 48.2 Å². The van der Waals surface area contributed by atoms with E-state index in [1.165, 1.54) is 0 Å². The molecule has 6 heteroatoms. The zero-order chi connectivity index (χ0) is 15.1. The molecule has 6 nitrogen and oxygen atoms in total. The van der Waals surface area contributed by atoms with Gasteiger partial charge >= 0.3 is 0 Å². The van der Waals surface area contributed by atoms with Gasteiger partial charge in [-0.3, -0.25) is 4.98 Å². The van der Waals surface area contributed by atoms with Gasteiger partial charge < -0.3 is 4.90 Å². The lowest BCUT2D eigenvalue weighted by atomic mass is 9.95. The molecule has 22 heavy (non-hydrogen) atoms. The summed E-state index contributed by atoms with van der Waals surface area (Å²) in [5.74, 6) is 0.859. The third kappa shape index (κ3) is 2.11. The molecule has 0 aliphatic carbocycles. The molecule has 0 amide bonds. The zero-order valence-corrected chi connectivity index (χ0v) is 12.7. The van der Waals surface area contributed by atoms with Crippen molar-refractivity contribution in [1.82, 2.24) is 24.8 Å². The fourth-order valence-corrected chi connectivity index (χ4v) is 2.82. The molecule has 3 aromatic heterocycles. The molecule has 112 valence electrons. The van der Waals surface area contributed by atoms with Crippen LogP contribution in [0.2, 0.25) is 0 Å². The number of hydrogen-bond acceptors (Lipinski definition) is 5. The third-order valence-corrected chi connectivity index (χ3v) is 4.19. The van der Waals surface area contributed by atoms with E-state index in [1.54, 1.807) is 10.8 Å². The van der Waals surface area contributed by atoms with Crippen LogP contribution in [0.3, 0.4) is 0 Å². The molecule has 0 radical (unpaired) electrons. The predicted octanol–water partition coefficient (Wildman–Crippen LogP) is 2.25. The molecule has 3 aromatic rings. The molecule has 0 aromatic carbocycles. The van der Waals surface area contributed by atoms with E-state index < -0.39 is 0 Å². The maximum Gasteiger partial charge on any atom is 0.200 e. The van der Waals surface area contributed by atoms with E-state index in [4.69, 9.17) is 0 Å². The van der Waals surface area contributed by atoms with E-state index in [0.717, 1.165) is 35.8 Å². The van der Waals surface area contributed by atoms with Crippen LogP contribution in [-0.2, 0) is 0 Å². The first-order valence-electron chi connectivity index (χ1n) is 7.59. The Morgan fingerprint density at radius 1 is 1.23 bits per heavy atom. The van der Waals surface area contributed by atoms with Crippen LogP contribution >= 0.6 is 0 Å². The fourth-order valence-electron chi connectivity index (χ4n) is 2.82. The topological polar surface area (TPSA) is 59.2 Å². The number of pyridine rings is 1. The second-order valence-corrected chi connectivity index (χ2v) is 6.06. The standard InChI is InChI=1S/C16H18N6/c1-11(2)14-7-15(16-19-18-10-22(16)20-14)21-8-12(9-21)13-5-3-4-6-17-13/h3-7,10-12H,8-9H2,1-2H3. The van der Waals surface area contributed by atoms with Crippen molar-refractivity contribution in [2.24, 2.45) is 0 Å². The van der Waals surface area contributed by atoms with Crippen LogP contribution in [0.4, 0.5) is 5.69 Å². The molecule has 0 spiro atoms. The molecule has 4 rings (SSSR count). The minimum atomic E-state index is 0.374. The summed E-state index contributed by atoms with van der Waals surface area (Å²) in [6.07, 6.45) is 3.53. The first kappa shape index (κ1) is 13.2. The van der Waals surface area contributed by atoms with Crippen molar-refractivity contribution in [2.45, 2.75) is 25.7 Å². The van der Waals surface area contributed by atoms with E-state index in [9.17, 15) is 0 Å². The van der Waals surface area contributed by atoms with Gasteiger partial charge in [0.2, 0.25) is 5.65 Å². The van der Waals surface area contributed by atoms with Gasteiger partial charge in [0.25, 0.3) is 0 Å². The summed E-state index contributed by atoms with van der Waals surface area (Å²) in [4.78, 5) is 6.79. The largest absolute Gasteiger partial charge is 0.367 e. The van der Waals surface area contributed by atoms with E-state index in [-0.39, 0.29) is 0 Å². The van der Waals surface area contributed by atoms with Crippen molar-refractivity contribution < 1.29 is 0 Å². The number of aromatic nitrogens is 5. The lowest BCUT2D eigenvalue weighted by Gasteiger charge is -2.40. The van der Waals surface area contributed by atoms with Gasteiger partial charge in [-0.05, 0) is 24.1 Å². The van der Waals surface area contributed by atoms with Crippen molar-refractivity contribution >= 4 is 11.3 Å². The molecule has 1 saturated heterocycles. The van der Waals surface area contributed by atoms with Crippen molar-refractivity contribution in [2.75, 3.05) is 18.0 Å². The van der Waals surface area contributed by atoms with Crippen molar-refractivity contribution in [3.8, 4) is 0 Å². The van der Waals surface area contributed by atoms with E-state index in [2.05, 4.69) is 51.2 Å². The van der Waals surface area contributed by atoms with Gasteiger partial charge in [0.15, 0.2) is 0 Å². The molecule has 0 bridgehead atoms. The molecule has 4 heterocycles. The van der Waals surface area contributed by atoms with Crippen LogP contribution in [0.1, 0.15) is 37.1 Å². The lowest BCUT2D eigenvalue weighted by molar-refractivity contribution is 0.513. The number of anilines is 1. The Morgan fingerprint density at radius 3 is 2.82 bits per heavy atom. The Morgan fingerprint density at radius 2 is 2.09 bits per heavy atom. The first-order valence-corrected chi connectivity index (χ1v) is 7.59. The Hall–Kier alpha value is -2.50. The second-order valence-electron chi connectivity index (χ2n) is 6.06. The van der Waals surface area contributed by atoms with Crippen LogP contribution in [0.25, 0.3) is 5.65 Å². The van der Waals surface area contributed by atoms with E-state index in [0.29, 0.717) is 11.8 Å². The van der Waals surface area contributed by atoms with Crippen molar-refractivity contribution in [1.29, 1.82) is 0 Å². The Labute approximate surface area is 128 Å². The molecular weight excluding hydrogens is 276 g/mol. The highest BCUT2D eigenvalue weighted by atomic mass is 15.4. The highest BCUT2D eigenvalue weighted by Crippen LogP contribution is 2.33. The van der Waals surface area contributed by atoms with E-state index in [1.807, 2.05) is 18.3 Å². The maximum atomic E-state index is 4.57. The molecular formula is C16H18N6.